The number of rotatable bonds is 18. The molecule has 4 aliphatic rings. The van der Waals surface area contributed by atoms with E-state index in [0.717, 1.165) is 200 Å². The van der Waals surface area contributed by atoms with Gasteiger partial charge in [0.05, 0.1) is 42.7 Å². The molecular formula is C114H99N7O6. The van der Waals surface area contributed by atoms with Crippen LogP contribution in [0.2, 0.25) is 0 Å². The van der Waals surface area contributed by atoms with Gasteiger partial charge in [-0.25, -0.2) is 14.9 Å². The van der Waals surface area contributed by atoms with E-state index in [4.69, 9.17) is 19.4 Å². The van der Waals surface area contributed by atoms with Gasteiger partial charge in [0, 0.05) is 123 Å². The number of carbonyl (C=O) groups excluding carboxylic acids is 4. The molecular weight excluding hydrogens is 1560 g/mol. The number of carbonyl (C=O) groups is 4. The molecule has 0 spiro atoms. The van der Waals surface area contributed by atoms with E-state index in [1.54, 1.807) is 38.5 Å². The number of hydrogen-bond acceptors (Lipinski definition) is 9. The lowest BCUT2D eigenvalue weighted by molar-refractivity contribution is 0.0606. The van der Waals surface area contributed by atoms with Crippen LogP contribution in [-0.2, 0) is 0 Å². The standard InChI is InChI=1S/C114H99N7O6/c1-16-17-18-19-20-21-54-119-111(122)88-42-44-90-107-91(45-43-89(106(88)107)112(119)123)114(125)121(113(90)124)110-75(12)61-80(62-76(110)13)25-23-78-28-32-82(33-29-78)105-94-48-52-98(117-94)108(102-67(4)55-65(2)56-68(102)5)96-50-46-92(115-96)104(93-47-51-97(116-93)109(99-53-49-95(105)118-99)103-69(6)57-66(3)58-70(103)7)81-30-26-77(27-31-81)22-24-79-59-71(8)100(72(9)60-79)101-73(10)63-85(64-74(101)11)120(83-34-38-86(126-14)39-35-83)84-36-40-87(127-15)41-37-84/h26-53,55-64,115,118H,16-21,54H2,1-15H3. The molecule has 4 amide bonds. The Morgan fingerprint density at radius 1 is 0.323 bits per heavy atom. The van der Waals surface area contributed by atoms with Gasteiger partial charge in [-0.1, -0.05) is 122 Å². The number of unbranched alkanes of at least 4 members (excludes halogenated alkanes) is 5. The van der Waals surface area contributed by atoms with Crippen LogP contribution < -0.4 is 19.3 Å². The molecule has 2 N–H and O–H groups in total. The number of benzene rings is 11. The van der Waals surface area contributed by atoms with Gasteiger partial charge < -0.3 is 24.3 Å². The summed E-state index contributed by atoms with van der Waals surface area (Å²) < 4.78 is 11.1. The zero-order valence-electron chi connectivity index (χ0n) is 74.6. The molecule has 4 aliphatic heterocycles. The van der Waals surface area contributed by atoms with Crippen molar-refractivity contribution in [1.82, 2.24) is 24.8 Å². The Bertz CT molecular complexity index is 7080. The van der Waals surface area contributed by atoms with E-state index in [0.29, 0.717) is 57.2 Å². The number of anilines is 4. The van der Waals surface area contributed by atoms with Crippen LogP contribution in [0.1, 0.15) is 199 Å². The van der Waals surface area contributed by atoms with Crippen LogP contribution >= 0.6 is 0 Å². The molecule has 13 nitrogen and oxygen atoms in total. The molecule has 13 heteroatoms. The molecule has 0 unspecified atom stereocenters. The number of hydrogen-bond donors (Lipinski definition) is 2. The maximum absolute atomic E-state index is 14.8. The lowest BCUT2D eigenvalue weighted by Crippen LogP contribution is -2.44. The third-order valence-corrected chi connectivity index (χ3v) is 25.3. The van der Waals surface area contributed by atoms with Crippen molar-refractivity contribution in [3.63, 3.8) is 0 Å². The number of imide groups is 2. The summed E-state index contributed by atoms with van der Waals surface area (Å²) in [6, 6.07) is 70.2. The van der Waals surface area contributed by atoms with Gasteiger partial charge >= 0.3 is 0 Å². The van der Waals surface area contributed by atoms with Gasteiger partial charge in [0.1, 0.15) is 11.5 Å². The summed E-state index contributed by atoms with van der Waals surface area (Å²) in [6.07, 6.45) is 14.7. The number of nitrogens with zero attached hydrogens (tertiary/aromatic N) is 5. The number of aromatic amines is 2. The second kappa shape index (κ2) is 34.0. The van der Waals surface area contributed by atoms with Crippen LogP contribution in [-0.4, -0.2) is 69.2 Å². The van der Waals surface area contributed by atoms with Crippen molar-refractivity contribution < 1.29 is 28.7 Å². The van der Waals surface area contributed by atoms with Crippen LogP contribution in [0, 0.1) is 107 Å². The summed E-state index contributed by atoms with van der Waals surface area (Å²) in [4.78, 5) is 82.0. The van der Waals surface area contributed by atoms with Crippen molar-refractivity contribution in [1.29, 1.82) is 0 Å². The summed E-state index contributed by atoms with van der Waals surface area (Å²) in [5, 5.41) is 0.713. The van der Waals surface area contributed by atoms with E-state index in [2.05, 4.69) is 272 Å². The smallest absolute Gasteiger partial charge is 0.266 e. The Hall–Kier alpha value is -14.9. The van der Waals surface area contributed by atoms with Crippen molar-refractivity contribution in [3.8, 4) is 90.8 Å². The van der Waals surface area contributed by atoms with E-state index >= 15 is 0 Å². The third-order valence-electron chi connectivity index (χ3n) is 25.3. The normalized spacial score (nSPS) is 12.6. The van der Waals surface area contributed by atoms with Gasteiger partial charge in [-0.15, -0.1) is 0 Å². The first-order valence-corrected chi connectivity index (χ1v) is 43.8. The Balaban J connectivity index is 0.688. The molecule has 0 radical (unpaired) electrons. The minimum Gasteiger partial charge on any atom is -0.497 e. The molecule has 8 bridgehead atoms. The number of fused-ring (bicyclic) bond motifs is 8. The highest BCUT2D eigenvalue weighted by Gasteiger charge is 2.41. The van der Waals surface area contributed by atoms with Gasteiger partial charge in [0.15, 0.2) is 0 Å². The first-order valence-electron chi connectivity index (χ1n) is 43.8. The number of amides is 4. The van der Waals surface area contributed by atoms with Crippen molar-refractivity contribution >= 4 is 104 Å². The molecule has 18 rings (SSSR count). The van der Waals surface area contributed by atoms with Crippen LogP contribution in [0.3, 0.4) is 0 Å². The van der Waals surface area contributed by atoms with E-state index in [1.165, 1.54) is 43.2 Å². The predicted octanol–water partition coefficient (Wildman–Crippen LogP) is 26.9. The van der Waals surface area contributed by atoms with Crippen molar-refractivity contribution in [2.24, 2.45) is 0 Å². The molecule has 0 saturated heterocycles. The van der Waals surface area contributed by atoms with Gasteiger partial charge in [0.2, 0.25) is 0 Å². The first-order chi connectivity index (χ1) is 61.4. The van der Waals surface area contributed by atoms with Crippen molar-refractivity contribution in [3.05, 3.63) is 340 Å². The van der Waals surface area contributed by atoms with E-state index in [1.807, 2.05) is 62.4 Å². The van der Waals surface area contributed by atoms with Crippen molar-refractivity contribution in [2.75, 3.05) is 30.6 Å². The second-order valence-corrected chi connectivity index (χ2v) is 34.4. The fraction of sp³-hybridized carbons (Fsp3) is 0.193. The minimum absolute atomic E-state index is 0.264. The minimum atomic E-state index is -0.519. The Morgan fingerprint density at radius 2 is 0.646 bits per heavy atom. The van der Waals surface area contributed by atoms with Gasteiger partial charge in [-0.05, 0) is 361 Å². The van der Waals surface area contributed by atoms with Gasteiger partial charge in [0.25, 0.3) is 23.6 Å². The lowest BCUT2D eigenvalue weighted by atomic mass is 9.85. The number of methoxy groups -OCH3 is 2. The fourth-order valence-corrected chi connectivity index (χ4v) is 19.8. The van der Waals surface area contributed by atoms with E-state index in [9.17, 15) is 19.2 Å². The highest BCUT2D eigenvalue weighted by molar-refractivity contribution is 6.39. The topological polar surface area (TPSA) is 154 Å². The molecule has 0 fully saturated rings. The monoisotopic (exact) mass is 1660 g/mol. The average Bonchev–Trinajstić information content (AvgIpc) is 1.36. The average molecular weight is 1660 g/mol. The SMILES string of the molecule is CCCCCCCCN1C(=O)c2ccc3c4c(ccc(c24)C1=O)C(=O)N(c1c(C)cc(C#Cc2ccc(-c4c5nc(c(-c6c(C)cc(C)cc6C)c6ccc([nH]6)c(-c6ccc(C#Cc7cc(C)c(-c8c(C)cc(N(c9ccc(OC)cc9)c9ccc(OC)cc9)cc8C)c(C)c7)cc6)c6nc(c(-c7c(C)cc(C)cc7C)c7ccc4[nH]7)C=C6)C=C5)cc2)cc1C)C3=O. The molecule has 127 heavy (non-hydrogen) atoms. The number of aryl methyl sites for hydroxylation is 12. The van der Waals surface area contributed by atoms with Crippen LogP contribution in [0.5, 0.6) is 11.5 Å². The second-order valence-electron chi connectivity index (χ2n) is 34.4. The summed E-state index contributed by atoms with van der Waals surface area (Å²) in [7, 11) is 3.38. The fourth-order valence-electron chi connectivity index (χ4n) is 19.8. The molecule has 0 saturated carbocycles. The number of nitrogens with one attached hydrogen (secondary N) is 2. The summed E-state index contributed by atoms with van der Waals surface area (Å²) in [6.45, 7) is 28.1. The molecule has 14 aromatic rings. The van der Waals surface area contributed by atoms with Gasteiger partial charge in [-0.2, -0.15) is 0 Å². The predicted molar refractivity (Wildman–Crippen MR) is 519 cm³/mol. The lowest BCUT2D eigenvalue weighted by Gasteiger charge is -2.33. The number of aromatic nitrogens is 4. The quantitative estimate of drug-likeness (QED) is 0.0485. The number of ether oxygens (including phenoxy) is 2. The molecule has 0 aliphatic carbocycles. The Kier molecular flexibility index (Phi) is 22.2. The largest absolute Gasteiger partial charge is 0.497 e. The van der Waals surface area contributed by atoms with Crippen molar-refractivity contribution in [2.45, 2.75) is 129 Å². The molecule has 11 aromatic carbocycles. The maximum Gasteiger partial charge on any atom is 0.266 e. The molecule has 626 valence electrons. The highest BCUT2D eigenvalue weighted by Crippen LogP contribution is 2.47. The van der Waals surface area contributed by atoms with E-state index in [-0.39, 0.29) is 11.1 Å². The van der Waals surface area contributed by atoms with Crippen LogP contribution in [0.4, 0.5) is 22.7 Å². The summed E-state index contributed by atoms with van der Waals surface area (Å²) in [5.41, 5.74) is 38.0. The zero-order valence-corrected chi connectivity index (χ0v) is 74.6. The van der Waals surface area contributed by atoms with Crippen LogP contribution in [0.15, 0.2) is 206 Å². The highest BCUT2D eigenvalue weighted by atomic mass is 16.5. The summed E-state index contributed by atoms with van der Waals surface area (Å²) >= 11 is 0. The molecule has 3 aromatic heterocycles. The Morgan fingerprint density at radius 3 is 1.03 bits per heavy atom. The Labute approximate surface area is 742 Å². The molecule has 7 heterocycles. The summed E-state index contributed by atoms with van der Waals surface area (Å²) in [5.74, 6) is 13.7. The third kappa shape index (κ3) is 15.4. The maximum atomic E-state index is 14.8. The van der Waals surface area contributed by atoms with Gasteiger partial charge in [-0.3, -0.25) is 24.1 Å². The van der Waals surface area contributed by atoms with Crippen LogP contribution in [0.25, 0.3) is 113 Å². The van der Waals surface area contributed by atoms with E-state index < -0.39 is 23.6 Å². The number of H-pyrrole nitrogens is 2. The first kappa shape index (κ1) is 83.0. The zero-order chi connectivity index (χ0) is 88.5. The molecule has 0 atom stereocenters.